The van der Waals surface area contributed by atoms with Gasteiger partial charge in [-0.25, -0.2) is 0 Å². The van der Waals surface area contributed by atoms with Gasteiger partial charge in [-0.1, -0.05) is 39.0 Å². The topological polar surface area (TPSA) is 52.9 Å². The average Bonchev–Trinajstić information content (AvgIpc) is 2.96. The van der Waals surface area contributed by atoms with Crippen molar-refractivity contribution in [1.82, 2.24) is 5.32 Å². The highest BCUT2D eigenvalue weighted by molar-refractivity contribution is 7.08. The molecule has 1 amide bonds. The second-order valence-electron chi connectivity index (χ2n) is 4.75. The van der Waals surface area contributed by atoms with Gasteiger partial charge in [0.2, 0.25) is 0 Å². The Morgan fingerprint density at radius 3 is 2.75 bits per heavy atom. The van der Waals surface area contributed by atoms with Crippen molar-refractivity contribution in [2.75, 3.05) is 6.54 Å². The molecular formula is C16H22N2OS. The van der Waals surface area contributed by atoms with Gasteiger partial charge in [0.15, 0.2) is 0 Å². The van der Waals surface area contributed by atoms with E-state index in [1.54, 1.807) is 17.4 Å². The van der Waals surface area contributed by atoms with Crippen LogP contribution in [0.1, 0.15) is 51.0 Å². The highest BCUT2D eigenvalue weighted by Gasteiger charge is 2.07. The molecule has 0 aromatic carbocycles. The van der Waals surface area contributed by atoms with Crippen LogP contribution in [-0.4, -0.2) is 12.5 Å². The van der Waals surface area contributed by atoms with Crippen LogP contribution in [0.2, 0.25) is 0 Å². The molecule has 0 aliphatic rings. The van der Waals surface area contributed by atoms with E-state index in [0.29, 0.717) is 6.54 Å². The molecule has 0 aliphatic carbocycles. The van der Waals surface area contributed by atoms with Gasteiger partial charge in [0.1, 0.15) is 11.6 Å². The van der Waals surface area contributed by atoms with Crippen molar-refractivity contribution in [3.05, 3.63) is 28.0 Å². The van der Waals surface area contributed by atoms with Crippen molar-refractivity contribution in [2.24, 2.45) is 0 Å². The van der Waals surface area contributed by atoms with Crippen molar-refractivity contribution in [3.63, 3.8) is 0 Å². The summed E-state index contributed by atoms with van der Waals surface area (Å²) >= 11 is 1.55. The van der Waals surface area contributed by atoms with E-state index in [1.807, 2.05) is 22.9 Å². The van der Waals surface area contributed by atoms with Crippen molar-refractivity contribution in [2.45, 2.75) is 45.4 Å². The van der Waals surface area contributed by atoms with Crippen LogP contribution >= 0.6 is 11.3 Å². The lowest BCUT2D eigenvalue weighted by Crippen LogP contribution is -2.25. The second-order valence-corrected chi connectivity index (χ2v) is 5.53. The number of thiophene rings is 1. The zero-order valence-corrected chi connectivity index (χ0v) is 12.8. The van der Waals surface area contributed by atoms with Gasteiger partial charge in [0, 0.05) is 6.54 Å². The van der Waals surface area contributed by atoms with Crippen molar-refractivity contribution >= 4 is 23.3 Å². The Balaban J connectivity index is 2.26. The minimum atomic E-state index is -0.271. The van der Waals surface area contributed by atoms with Gasteiger partial charge in [0.25, 0.3) is 5.91 Å². The maximum Gasteiger partial charge on any atom is 0.261 e. The normalized spacial score (nSPS) is 11.1. The molecule has 0 radical (unpaired) electrons. The molecule has 0 unspecified atom stereocenters. The summed E-state index contributed by atoms with van der Waals surface area (Å²) in [5, 5.41) is 15.7. The minimum absolute atomic E-state index is 0.175. The van der Waals surface area contributed by atoms with Crippen LogP contribution in [0, 0.1) is 11.3 Å². The summed E-state index contributed by atoms with van der Waals surface area (Å²) in [6.45, 7) is 2.84. The summed E-state index contributed by atoms with van der Waals surface area (Å²) < 4.78 is 0. The Hall–Kier alpha value is -1.60. The summed E-state index contributed by atoms with van der Waals surface area (Å²) in [7, 11) is 0. The Labute approximate surface area is 125 Å². The third-order valence-electron chi connectivity index (χ3n) is 3.04. The molecule has 0 atom stereocenters. The van der Waals surface area contributed by atoms with E-state index in [0.717, 1.165) is 18.4 Å². The number of amides is 1. The van der Waals surface area contributed by atoms with Crippen molar-refractivity contribution in [3.8, 4) is 6.07 Å². The first-order valence-electron chi connectivity index (χ1n) is 7.20. The molecule has 1 aromatic rings. The molecule has 20 heavy (non-hydrogen) atoms. The highest BCUT2D eigenvalue weighted by Crippen LogP contribution is 2.11. The van der Waals surface area contributed by atoms with Crippen molar-refractivity contribution in [1.29, 1.82) is 5.26 Å². The van der Waals surface area contributed by atoms with E-state index in [1.165, 1.54) is 25.7 Å². The molecule has 0 spiro atoms. The van der Waals surface area contributed by atoms with E-state index in [9.17, 15) is 4.79 Å². The number of hydrogen-bond acceptors (Lipinski definition) is 3. The Bertz CT molecular complexity index is 457. The number of carbonyl (C=O) groups is 1. The third kappa shape index (κ3) is 6.53. The molecule has 0 bridgehead atoms. The van der Waals surface area contributed by atoms with E-state index in [2.05, 4.69) is 12.2 Å². The molecule has 1 N–H and O–H groups in total. The molecule has 1 heterocycles. The molecule has 3 nitrogen and oxygen atoms in total. The Morgan fingerprint density at radius 1 is 1.35 bits per heavy atom. The van der Waals surface area contributed by atoms with Crippen LogP contribution in [0.3, 0.4) is 0 Å². The summed E-state index contributed by atoms with van der Waals surface area (Å²) in [5.74, 6) is -0.271. The van der Waals surface area contributed by atoms with E-state index < -0.39 is 0 Å². The SMILES string of the molecule is CCCCCCCCNC(=O)/C(C#N)=C/c1ccsc1. The van der Waals surface area contributed by atoms with Crippen LogP contribution in [-0.2, 0) is 4.79 Å². The number of nitrogens with zero attached hydrogens (tertiary/aromatic N) is 1. The smallest absolute Gasteiger partial charge is 0.261 e. The number of nitrogens with one attached hydrogen (secondary N) is 1. The lowest BCUT2D eigenvalue weighted by atomic mass is 10.1. The van der Waals surface area contributed by atoms with Gasteiger partial charge >= 0.3 is 0 Å². The number of nitriles is 1. The van der Waals surface area contributed by atoms with Gasteiger partial charge in [-0.2, -0.15) is 16.6 Å². The zero-order valence-electron chi connectivity index (χ0n) is 12.0. The summed E-state index contributed by atoms with van der Waals surface area (Å²) in [4.78, 5) is 11.8. The van der Waals surface area contributed by atoms with Crippen LogP contribution in [0.5, 0.6) is 0 Å². The molecule has 0 aliphatic heterocycles. The first-order chi connectivity index (χ1) is 9.77. The lowest BCUT2D eigenvalue weighted by molar-refractivity contribution is -0.117. The molecule has 108 valence electrons. The van der Waals surface area contributed by atoms with E-state index in [-0.39, 0.29) is 11.5 Å². The first kappa shape index (κ1) is 16.5. The molecular weight excluding hydrogens is 268 g/mol. The fourth-order valence-electron chi connectivity index (χ4n) is 1.87. The fourth-order valence-corrected chi connectivity index (χ4v) is 2.49. The summed E-state index contributed by atoms with van der Waals surface area (Å²) in [6.07, 6.45) is 8.77. The fraction of sp³-hybridized carbons (Fsp3) is 0.500. The number of unbranched alkanes of at least 4 members (excludes halogenated alkanes) is 5. The second kappa shape index (κ2) is 10.2. The molecule has 4 heteroatoms. The minimum Gasteiger partial charge on any atom is -0.351 e. The maximum atomic E-state index is 11.8. The van der Waals surface area contributed by atoms with Gasteiger partial charge < -0.3 is 5.32 Å². The number of rotatable bonds is 9. The predicted octanol–water partition coefficient (Wildman–Crippen LogP) is 4.13. The molecule has 0 fully saturated rings. The van der Waals surface area contributed by atoms with Gasteiger partial charge in [-0.05, 0) is 34.9 Å². The molecule has 0 saturated heterocycles. The number of carbonyl (C=O) groups excluding carboxylic acids is 1. The van der Waals surface area contributed by atoms with Crippen LogP contribution in [0.15, 0.2) is 22.4 Å². The molecule has 1 rings (SSSR count). The number of hydrogen-bond donors (Lipinski definition) is 1. The van der Waals surface area contributed by atoms with Crippen molar-refractivity contribution < 1.29 is 4.79 Å². The average molecular weight is 290 g/mol. The van der Waals surface area contributed by atoms with Crippen LogP contribution in [0.25, 0.3) is 6.08 Å². The summed E-state index contributed by atoms with van der Waals surface area (Å²) in [5.41, 5.74) is 1.08. The van der Waals surface area contributed by atoms with Crippen LogP contribution in [0.4, 0.5) is 0 Å². The maximum absolute atomic E-state index is 11.8. The Morgan fingerprint density at radius 2 is 2.10 bits per heavy atom. The van der Waals surface area contributed by atoms with E-state index >= 15 is 0 Å². The third-order valence-corrected chi connectivity index (χ3v) is 3.74. The van der Waals surface area contributed by atoms with Gasteiger partial charge in [-0.3, -0.25) is 4.79 Å². The van der Waals surface area contributed by atoms with Gasteiger partial charge in [-0.15, -0.1) is 0 Å². The lowest BCUT2D eigenvalue weighted by Gasteiger charge is -2.04. The molecule has 0 saturated carbocycles. The summed E-state index contributed by atoms with van der Waals surface area (Å²) in [6, 6.07) is 3.85. The van der Waals surface area contributed by atoms with Crippen LogP contribution < -0.4 is 5.32 Å². The monoisotopic (exact) mass is 290 g/mol. The largest absolute Gasteiger partial charge is 0.351 e. The quantitative estimate of drug-likeness (QED) is 0.422. The zero-order chi connectivity index (χ0) is 14.6. The van der Waals surface area contributed by atoms with E-state index in [4.69, 9.17) is 5.26 Å². The molecule has 1 aromatic heterocycles. The van der Waals surface area contributed by atoms with Gasteiger partial charge in [0.05, 0.1) is 0 Å². The highest BCUT2D eigenvalue weighted by atomic mass is 32.1. The Kier molecular flexibility index (Phi) is 8.41. The standard InChI is InChI=1S/C16H22N2OS/c1-2-3-4-5-6-7-9-18-16(19)15(12-17)11-14-8-10-20-13-14/h8,10-11,13H,2-7,9H2,1H3,(H,18,19)/b15-11+. The predicted molar refractivity (Wildman–Crippen MR) is 84.3 cm³/mol. The first-order valence-corrected chi connectivity index (χ1v) is 8.14.